The van der Waals surface area contributed by atoms with Gasteiger partial charge in [-0.05, 0) is 43.6 Å². The van der Waals surface area contributed by atoms with Crippen molar-refractivity contribution in [2.75, 3.05) is 25.4 Å². The van der Waals surface area contributed by atoms with Crippen LogP contribution in [-0.4, -0.2) is 36.5 Å². The second kappa shape index (κ2) is 7.10. The quantitative estimate of drug-likeness (QED) is 0.632. The maximum Gasteiger partial charge on any atom is 0.227 e. The second-order valence-electron chi connectivity index (χ2n) is 5.23. The summed E-state index contributed by atoms with van der Waals surface area (Å²) >= 11 is 0. The molecule has 2 rings (SSSR count). The number of nitrogen functional groups attached to an aromatic ring is 1. The van der Waals surface area contributed by atoms with E-state index in [1.807, 2.05) is 35.2 Å². The van der Waals surface area contributed by atoms with E-state index in [0.29, 0.717) is 19.0 Å². The van der Waals surface area contributed by atoms with Gasteiger partial charge in [0.2, 0.25) is 5.91 Å². The van der Waals surface area contributed by atoms with Gasteiger partial charge in [-0.3, -0.25) is 4.79 Å². The average molecular weight is 273 g/mol. The molecule has 1 amide bonds. The number of nitrogens with two attached hydrogens (primary N) is 1. The van der Waals surface area contributed by atoms with Crippen LogP contribution >= 0.6 is 0 Å². The predicted molar refractivity (Wildman–Crippen MR) is 82.4 cm³/mol. The second-order valence-corrected chi connectivity index (χ2v) is 5.23. The van der Waals surface area contributed by atoms with E-state index in [1.165, 1.54) is 0 Å². The van der Waals surface area contributed by atoms with Crippen molar-refractivity contribution in [2.24, 2.45) is 0 Å². The summed E-state index contributed by atoms with van der Waals surface area (Å²) in [5.41, 5.74) is 7.40. The molecule has 1 aliphatic rings. The number of nitrogens with one attached hydrogen (secondary N) is 1. The Bertz CT molecular complexity index is 449. The van der Waals surface area contributed by atoms with Gasteiger partial charge in [0.25, 0.3) is 0 Å². The number of hydrogen-bond donors (Lipinski definition) is 2. The van der Waals surface area contributed by atoms with Gasteiger partial charge in [-0.1, -0.05) is 18.2 Å². The third kappa shape index (κ3) is 3.84. The lowest BCUT2D eigenvalue weighted by Gasteiger charge is -2.34. The number of carbonyl (C=O) groups is 1. The van der Waals surface area contributed by atoms with Crippen LogP contribution in [-0.2, 0) is 11.2 Å². The smallest absolute Gasteiger partial charge is 0.227 e. The first-order valence-corrected chi connectivity index (χ1v) is 7.16. The van der Waals surface area contributed by atoms with Gasteiger partial charge in [-0.2, -0.15) is 0 Å². The van der Waals surface area contributed by atoms with E-state index in [-0.39, 0.29) is 5.91 Å². The van der Waals surface area contributed by atoms with Crippen LogP contribution in [0, 0.1) is 0 Å². The molecule has 0 unspecified atom stereocenters. The molecular weight excluding hydrogens is 250 g/mol. The minimum absolute atomic E-state index is 0.168. The van der Waals surface area contributed by atoms with Gasteiger partial charge in [-0.15, -0.1) is 6.58 Å². The molecule has 0 saturated carbocycles. The standard InChI is InChI=1S/C16H23N3O/c1-2-11-19(15-7-9-18-10-8-15)16(20)12-13-3-5-14(17)6-4-13/h2-6,15,18H,1,7-12,17H2. The Labute approximate surface area is 120 Å². The molecule has 0 radical (unpaired) electrons. The zero-order chi connectivity index (χ0) is 14.4. The van der Waals surface area contributed by atoms with E-state index in [1.54, 1.807) is 0 Å². The van der Waals surface area contributed by atoms with Crippen molar-refractivity contribution in [3.05, 3.63) is 42.5 Å². The highest BCUT2D eigenvalue weighted by atomic mass is 16.2. The monoisotopic (exact) mass is 273 g/mol. The lowest BCUT2D eigenvalue weighted by atomic mass is 10.0. The van der Waals surface area contributed by atoms with Crippen molar-refractivity contribution in [1.82, 2.24) is 10.2 Å². The number of carbonyl (C=O) groups excluding carboxylic acids is 1. The SMILES string of the molecule is C=CCN(C(=O)Cc1ccc(N)cc1)C1CCNCC1. The van der Waals surface area contributed by atoms with Gasteiger partial charge in [0.15, 0.2) is 0 Å². The first-order chi connectivity index (χ1) is 9.70. The van der Waals surface area contributed by atoms with Crippen LogP contribution in [0.25, 0.3) is 0 Å². The Morgan fingerprint density at radius 1 is 1.35 bits per heavy atom. The normalized spacial score (nSPS) is 15.8. The summed E-state index contributed by atoms with van der Waals surface area (Å²) in [6.45, 7) is 6.35. The molecule has 4 nitrogen and oxygen atoms in total. The molecule has 3 N–H and O–H groups in total. The highest BCUT2D eigenvalue weighted by molar-refractivity contribution is 5.79. The summed E-state index contributed by atoms with van der Waals surface area (Å²) in [6.07, 6.45) is 4.27. The van der Waals surface area contributed by atoms with E-state index < -0.39 is 0 Å². The molecule has 20 heavy (non-hydrogen) atoms. The van der Waals surface area contributed by atoms with Crippen molar-refractivity contribution < 1.29 is 4.79 Å². The Kier molecular flexibility index (Phi) is 5.18. The predicted octanol–water partition coefficient (Wildman–Crippen LogP) is 1.58. The molecule has 0 aromatic heterocycles. The summed E-state index contributed by atoms with van der Waals surface area (Å²) in [7, 11) is 0. The fourth-order valence-electron chi connectivity index (χ4n) is 2.62. The topological polar surface area (TPSA) is 58.4 Å². The number of amides is 1. The van der Waals surface area contributed by atoms with Gasteiger partial charge in [0.05, 0.1) is 6.42 Å². The first kappa shape index (κ1) is 14.6. The van der Waals surface area contributed by atoms with E-state index >= 15 is 0 Å². The van der Waals surface area contributed by atoms with E-state index in [0.717, 1.165) is 37.2 Å². The number of nitrogens with zero attached hydrogens (tertiary/aromatic N) is 1. The van der Waals surface area contributed by atoms with Crippen molar-refractivity contribution in [2.45, 2.75) is 25.3 Å². The average Bonchev–Trinajstić information content (AvgIpc) is 2.48. The molecule has 1 aliphatic heterocycles. The van der Waals surface area contributed by atoms with Crippen LogP contribution in [0.3, 0.4) is 0 Å². The molecule has 0 bridgehead atoms. The summed E-state index contributed by atoms with van der Waals surface area (Å²) in [4.78, 5) is 14.5. The van der Waals surface area contributed by atoms with Gasteiger partial charge < -0.3 is 16.0 Å². The Balaban J connectivity index is 2.02. The summed E-state index contributed by atoms with van der Waals surface area (Å²) in [5, 5.41) is 3.33. The third-order valence-corrected chi connectivity index (χ3v) is 3.73. The van der Waals surface area contributed by atoms with Crippen LogP contribution in [0.15, 0.2) is 36.9 Å². The minimum Gasteiger partial charge on any atom is -0.399 e. The van der Waals surface area contributed by atoms with Gasteiger partial charge >= 0.3 is 0 Å². The summed E-state index contributed by atoms with van der Waals surface area (Å²) in [5.74, 6) is 0.168. The molecule has 108 valence electrons. The number of hydrogen-bond acceptors (Lipinski definition) is 3. The van der Waals surface area contributed by atoms with Crippen LogP contribution in [0.1, 0.15) is 18.4 Å². The third-order valence-electron chi connectivity index (χ3n) is 3.73. The zero-order valence-electron chi connectivity index (χ0n) is 11.8. The number of piperidine rings is 1. The molecule has 1 saturated heterocycles. The Morgan fingerprint density at radius 3 is 2.60 bits per heavy atom. The summed E-state index contributed by atoms with van der Waals surface area (Å²) in [6, 6.07) is 7.84. The number of rotatable bonds is 5. The maximum absolute atomic E-state index is 12.5. The fraction of sp³-hybridized carbons (Fsp3) is 0.438. The highest BCUT2D eigenvalue weighted by Crippen LogP contribution is 2.15. The van der Waals surface area contributed by atoms with Crippen LogP contribution in [0.4, 0.5) is 5.69 Å². The van der Waals surface area contributed by atoms with Crippen molar-refractivity contribution >= 4 is 11.6 Å². The molecule has 0 spiro atoms. The van der Waals surface area contributed by atoms with Gasteiger partial charge in [-0.25, -0.2) is 0 Å². The minimum atomic E-state index is 0.168. The maximum atomic E-state index is 12.5. The lowest BCUT2D eigenvalue weighted by molar-refractivity contribution is -0.132. The van der Waals surface area contributed by atoms with Crippen LogP contribution < -0.4 is 11.1 Å². The van der Waals surface area contributed by atoms with Crippen molar-refractivity contribution in [1.29, 1.82) is 0 Å². The molecule has 0 aliphatic carbocycles. The lowest BCUT2D eigenvalue weighted by Crippen LogP contribution is -2.46. The molecule has 0 atom stereocenters. The van der Waals surface area contributed by atoms with E-state index in [2.05, 4.69) is 11.9 Å². The molecule has 1 aromatic rings. The van der Waals surface area contributed by atoms with E-state index in [9.17, 15) is 4.79 Å². The number of anilines is 1. The van der Waals surface area contributed by atoms with Crippen molar-refractivity contribution in [3.8, 4) is 0 Å². The van der Waals surface area contributed by atoms with Crippen molar-refractivity contribution in [3.63, 3.8) is 0 Å². The first-order valence-electron chi connectivity index (χ1n) is 7.16. The largest absolute Gasteiger partial charge is 0.399 e. The van der Waals surface area contributed by atoms with Gasteiger partial charge in [0.1, 0.15) is 0 Å². The van der Waals surface area contributed by atoms with Crippen LogP contribution in [0.2, 0.25) is 0 Å². The molecule has 1 aromatic carbocycles. The molecule has 1 fully saturated rings. The van der Waals surface area contributed by atoms with Crippen LogP contribution in [0.5, 0.6) is 0 Å². The molecule has 4 heteroatoms. The molecular formula is C16H23N3O. The fourth-order valence-corrected chi connectivity index (χ4v) is 2.62. The highest BCUT2D eigenvalue weighted by Gasteiger charge is 2.24. The summed E-state index contributed by atoms with van der Waals surface area (Å²) < 4.78 is 0. The Morgan fingerprint density at radius 2 is 2.00 bits per heavy atom. The number of benzene rings is 1. The zero-order valence-corrected chi connectivity index (χ0v) is 11.8. The Hall–Kier alpha value is -1.81. The van der Waals surface area contributed by atoms with Gasteiger partial charge in [0, 0.05) is 18.3 Å². The van der Waals surface area contributed by atoms with E-state index in [4.69, 9.17) is 5.73 Å². The molecule has 1 heterocycles.